The highest BCUT2D eigenvalue weighted by Crippen LogP contribution is 2.34. The van der Waals surface area contributed by atoms with E-state index in [-0.39, 0.29) is 13.2 Å². The number of terminal acetylenes is 2. The SMILES string of the molecule is C#CCOc1ccc(-c2cc(-c3ccc(C(F)(F)F)cc3)cc(-c3ccc(OCC#C)cc3)n2)cc1. The smallest absolute Gasteiger partial charge is 0.416 e. The largest absolute Gasteiger partial charge is 0.481 e. The highest BCUT2D eigenvalue weighted by atomic mass is 19.4. The number of rotatable bonds is 7. The van der Waals surface area contributed by atoms with E-state index in [4.69, 9.17) is 27.3 Å². The van der Waals surface area contributed by atoms with Crippen LogP contribution < -0.4 is 9.47 Å². The maximum atomic E-state index is 13.1. The molecule has 0 atom stereocenters. The topological polar surface area (TPSA) is 31.4 Å². The number of hydrogen-bond acceptors (Lipinski definition) is 3. The average molecular weight is 483 g/mol. The molecule has 0 aliphatic carbocycles. The maximum absolute atomic E-state index is 13.1. The highest BCUT2D eigenvalue weighted by Gasteiger charge is 2.30. The van der Waals surface area contributed by atoms with Crippen molar-refractivity contribution in [3.63, 3.8) is 0 Å². The standard InChI is InChI=1S/C30H20F3NO2/c1-3-17-35-26-13-7-22(8-14-26)28-19-24(21-5-11-25(12-6-21)30(31,32)33)20-29(34-28)23-9-15-27(16-10-23)36-18-4-2/h1-2,5-16,19-20H,17-18H2. The van der Waals surface area contributed by atoms with Crippen LogP contribution in [0.2, 0.25) is 0 Å². The van der Waals surface area contributed by atoms with E-state index >= 15 is 0 Å². The molecule has 1 heterocycles. The van der Waals surface area contributed by atoms with Crippen molar-refractivity contribution in [2.75, 3.05) is 13.2 Å². The first-order valence-electron chi connectivity index (χ1n) is 10.9. The van der Waals surface area contributed by atoms with Crippen molar-refractivity contribution in [3.05, 3.63) is 90.5 Å². The molecule has 0 N–H and O–H groups in total. The third-order valence-corrected chi connectivity index (χ3v) is 5.32. The van der Waals surface area contributed by atoms with Gasteiger partial charge in [0.05, 0.1) is 17.0 Å². The molecule has 0 bridgehead atoms. The lowest BCUT2D eigenvalue weighted by atomic mass is 9.99. The van der Waals surface area contributed by atoms with Crippen LogP contribution in [0.4, 0.5) is 13.2 Å². The van der Waals surface area contributed by atoms with Crippen LogP contribution in [0.5, 0.6) is 11.5 Å². The molecule has 0 aliphatic rings. The van der Waals surface area contributed by atoms with Gasteiger partial charge in [0.1, 0.15) is 24.7 Å². The summed E-state index contributed by atoms with van der Waals surface area (Å²) in [6.07, 6.45) is 6.08. The van der Waals surface area contributed by atoms with E-state index in [2.05, 4.69) is 11.8 Å². The molecule has 36 heavy (non-hydrogen) atoms. The summed E-state index contributed by atoms with van der Waals surface area (Å²) in [6.45, 7) is 0.318. The van der Waals surface area contributed by atoms with Gasteiger partial charge in [-0.15, -0.1) is 12.8 Å². The molecule has 0 unspecified atom stereocenters. The molecule has 4 aromatic rings. The van der Waals surface area contributed by atoms with Gasteiger partial charge in [-0.1, -0.05) is 24.0 Å². The van der Waals surface area contributed by atoms with Crippen LogP contribution in [0.25, 0.3) is 33.6 Å². The second-order valence-electron chi connectivity index (χ2n) is 7.74. The summed E-state index contributed by atoms with van der Waals surface area (Å²) in [5.41, 5.74) is 3.59. The quantitative estimate of drug-likeness (QED) is 0.262. The summed E-state index contributed by atoms with van der Waals surface area (Å²) < 4.78 is 50.1. The zero-order chi connectivity index (χ0) is 25.5. The summed E-state index contributed by atoms with van der Waals surface area (Å²) in [5.74, 6) is 6.08. The molecule has 0 saturated carbocycles. The number of benzene rings is 3. The van der Waals surface area contributed by atoms with Gasteiger partial charge in [0.2, 0.25) is 0 Å². The molecule has 0 fully saturated rings. The number of hydrogen-bond donors (Lipinski definition) is 0. The number of pyridine rings is 1. The zero-order valence-corrected chi connectivity index (χ0v) is 19.0. The van der Waals surface area contributed by atoms with E-state index in [0.717, 1.165) is 28.8 Å². The van der Waals surface area contributed by atoms with Gasteiger partial charge in [0, 0.05) is 11.1 Å². The van der Waals surface area contributed by atoms with Gasteiger partial charge >= 0.3 is 6.18 Å². The van der Waals surface area contributed by atoms with E-state index in [1.54, 1.807) is 24.3 Å². The van der Waals surface area contributed by atoms with Crippen LogP contribution in [-0.4, -0.2) is 18.2 Å². The molecular formula is C30H20F3NO2. The van der Waals surface area contributed by atoms with Crippen LogP contribution in [0, 0.1) is 24.7 Å². The molecule has 0 saturated heterocycles. The van der Waals surface area contributed by atoms with Crippen LogP contribution in [-0.2, 0) is 6.18 Å². The minimum atomic E-state index is -4.40. The minimum absolute atomic E-state index is 0.159. The molecule has 1 aromatic heterocycles. The Morgan fingerprint density at radius 2 is 1.03 bits per heavy atom. The van der Waals surface area contributed by atoms with Gasteiger partial charge in [0.25, 0.3) is 0 Å². The second-order valence-corrected chi connectivity index (χ2v) is 7.74. The molecular weight excluding hydrogens is 463 g/mol. The summed E-state index contributed by atoms with van der Waals surface area (Å²) in [7, 11) is 0. The third kappa shape index (κ3) is 5.87. The summed E-state index contributed by atoms with van der Waals surface area (Å²) in [5, 5.41) is 0. The molecule has 0 spiro atoms. The average Bonchev–Trinajstić information content (AvgIpc) is 2.90. The van der Waals surface area contributed by atoms with Gasteiger partial charge in [-0.3, -0.25) is 0 Å². The normalized spacial score (nSPS) is 10.8. The Kier molecular flexibility index (Phi) is 7.28. The van der Waals surface area contributed by atoms with Crippen molar-refractivity contribution in [2.45, 2.75) is 6.18 Å². The van der Waals surface area contributed by atoms with Gasteiger partial charge in [-0.25, -0.2) is 4.98 Å². The summed E-state index contributed by atoms with van der Waals surface area (Å²) in [4.78, 5) is 4.81. The Hall–Kier alpha value is -4.68. The predicted molar refractivity (Wildman–Crippen MR) is 134 cm³/mol. The molecule has 178 valence electrons. The maximum Gasteiger partial charge on any atom is 0.416 e. The van der Waals surface area contributed by atoms with E-state index in [1.165, 1.54) is 12.1 Å². The molecule has 0 aliphatic heterocycles. The fraction of sp³-hybridized carbons (Fsp3) is 0.100. The predicted octanol–water partition coefficient (Wildman–Crippen LogP) is 7.13. The third-order valence-electron chi connectivity index (χ3n) is 5.32. The van der Waals surface area contributed by atoms with E-state index in [1.807, 2.05) is 36.4 Å². The summed E-state index contributed by atoms with van der Waals surface area (Å²) >= 11 is 0. The number of ether oxygens (including phenoxy) is 2. The van der Waals surface area contributed by atoms with Crippen LogP contribution in [0.15, 0.2) is 84.9 Å². The number of nitrogens with zero attached hydrogens (tertiary/aromatic N) is 1. The molecule has 0 amide bonds. The van der Waals surface area contributed by atoms with E-state index in [0.29, 0.717) is 28.5 Å². The lowest BCUT2D eigenvalue weighted by Gasteiger charge is -2.12. The van der Waals surface area contributed by atoms with Crippen LogP contribution >= 0.6 is 0 Å². The van der Waals surface area contributed by atoms with Crippen molar-refractivity contribution in [3.8, 4) is 69.8 Å². The highest BCUT2D eigenvalue weighted by molar-refractivity contribution is 5.77. The van der Waals surface area contributed by atoms with Gasteiger partial charge < -0.3 is 9.47 Å². The Morgan fingerprint density at radius 3 is 1.42 bits per heavy atom. The van der Waals surface area contributed by atoms with Crippen molar-refractivity contribution in [1.29, 1.82) is 0 Å². The van der Waals surface area contributed by atoms with Crippen LogP contribution in [0.3, 0.4) is 0 Å². The van der Waals surface area contributed by atoms with Gasteiger partial charge in [-0.2, -0.15) is 13.2 Å². The molecule has 0 radical (unpaired) electrons. The fourth-order valence-corrected chi connectivity index (χ4v) is 3.54. The first-order chi connectivity index (χ1) is 17.4. The number of halogens is 3. The molecule has 3 aromatic carbocycles. The lowest BCUT2D eigenvalue weighted by Crippen LogP contribution is -2.04. The summed E-state index contributed by atoms with van der Waals surface area (Å²) in [6, 6.07) is 23.3. The fourth-order valence-electron chi connectivity index (χ4n) is 3.54. The number of alkyl halides is 3. The first kappa shape index (κ1) is 24.4. The monoisotopic (exact) mass is 483 g/mol. The minimum Gasteiger partial charge on any atom is -0.481 e. The molecule has 6 heteroatoms. The zero-order valence-electron chi connectivity index (χ0n) is 19.0. The van der Waals surface area contributed by atoms with E-state index < -0.39 is 11.7 Å². The Bertz CT molecular complexity index is 1330. The number of aromatic nitrogens is 1. The lowest BCUT2D eigenvalue weighted by molar-refractivity contribution is -0.137. The van der Waals surface area contributed by atoms with Gasteiger partial charge in [-0.05, 0) is 83.9 Å². The van der Waals surface area contributed by atoms with Crippen molar-refractivity contribution < 1.29 is 22.6 Å². The molecule has 3 nitrogen and oxygen atoms in total. The Morgan fingerprint density at radius 1 is 0.611 bits per heavy atom. The van der Waals surface area contributed by atoms with Crippen molar-refractivity contribution in [1.82, 2.24) is 4.98 Å². The van der Waals surface area contributed by atoms with Crippen molar-refractivity contribution >= 4 is 0 Å². The molecule has 4 rings (SSSR count). The van der Waals surface area contributed by atoms with Crippen molar-refractivity contribution in [2.24, 2.45) is 0 Å². The Labute approximate surface area is 207 Å². The second kappa shape index (κ2) is 10.7. The van der Waals surface area contributed by atoms with Gasteiger partial charge in [0.15, 0.2) is 0 Å². The first-order valence-corrected chi connectivity index (χ1v) is 10.9. The van der Waals surface area contributed by atoms with Crippen LogP contribution in [0.1, 0.15) is 5.56 Å². The Balaban J connectivity index is 1.75. The van der Waals surface area contributed by atoms with E-state index in [9.17, 15) is 13.2 Å².